The Morgan fingerprint density at radius 2 is 1.73 bits per heavy atom. The van der Waals surface area contributed by atoms with E-state index in [1.54, 1.807) is 36.4 Å². The van der Waals surface area contributed by atoms with Crippen molar-refractivity contribution in [2.45, 2.75) is 6.92 Å². The highest BCUT2D eigenvalue weighted by atomic mass is 16.5. The molecule has 0 aliphatic rings. The van der Waals surface area contributed by atoms with Crippen molar-refractivity contribution < 1.29 is 19.4 Å². The van der Waals surface area contributed by atoms with Gasteiger partial charge in [0.15, 0.2) is 0 Å². The molecule has 2 aromatic carbocycles. The fourth-order valence-corrected chi connectivity index (χ4v) is 2.02. The summed E-state index contributed by atoms with van der Waals surface area (Å²) in [5.74, 6) is 0. The molecule has 2 aromatic rings. The van der Waals surface area contributed by atoms with Crippen LogP contribution in [0.3, 0.4) is 0 Å². The van der Waals surface area contributed by atoms with Crippen molar-refractivity contribution in [3.05, 3.63) is 54.1 Å². The number of hydrogen-bond acceptors (Lipinski definition) is 4. The van der Waals surface area contributed by atoms with Crippen molar-refractivity contribution in [1.82, 2.24) is 0 Å². The van der Waals surface area contributed by atoms with Gasteiger partial charge in [-0.1, -0.05) is 18.2 Å². The van der Waals surface area contributed by atoms with Gasteiger partial charge in [-0.2, -0.15) is 0 Å². The van der Waals surface area contributed by atoms with Crippen LogP contribution in [0.1, 0.15) is 5.56 Å². The molecule has 0 radical (unpaired) electrons. The van der Waals surface area contributed by atoms with E-state index in [2.05, 4.69) is 10.1 Å². The zero-order valence-corrected chi connectivity index (χ0v) is 12.2. The zero-order chi connectivity index (χ0) is 16.1. The number of ether oxygens (including phenoxy) is 1. The molecule has 0 fully saturated rings. The number of aryl methyl sites for hydroxylation is 1. The molecule has 0 aliphatic carbocycles. The summed E-state index contributed by atoms with van der Waals surface area (Å²) >= 11 is 0. The fourth-order valence-electron chi connectivity index (χ4n) is 2.02. The molecule has 2 rings (SSSR count). The summed E-state index contributed by atoms with van der Waals surface area (Å²) in [5, 5.41) is 14.0. The van der Waals surface area contributed by atoms with Gasteiger partial charge in [-0.05, 0) is 42.8 Å². The smallest absolute Gasteiger partial charge is 0.411 e. The lowest BCUT2D eigenvalue weighted by Gasteiger charge is -2.26. The lowest BCUT2D eigenvalue weighted by Crippen LogP contribution is -2.38. The van der Waals surface area contributed by atoms with Crippen LogP contribution in [0, 0.1) is 6.92 Å². The third-order valence-electron chi connectivity index (χ3n) is 2.98. The number of carbonyl (C=O) groups is 2. The molecular weight excluding hydrogens is 284 g/mol. The summed E-state index contributed by atoms with van der Waals surface area (Å²) in [5.41, 5.74) is 2.17. The Bertz CT molecular complexity index is 700. The molecule has 0 atom stereocenters. The predicted molar refractivity (Wildman–Crippen MR) is 81.2 cm³/mol. The maximum atomic E-state index is 11.5. The Morgan fingerprint density at radius 3 is 2.32 bits per heavy atom. The van der Waals surface area contributed by atoms with Crippen LogP contribution in [0.25, 0.3) is 0 Å². The van der Waals surface area contributed by atoms with Crippen LogP contribution in [0.4, 0.5) is 26.7 Å². The number of benzene rings is 2. The first-order valence-electron chi connectivity index (χ1n) is 6.54. The van der Waals surface area contributed by atoms with E-state index in [0.717, 1.165) is 10.5 Å². The summed E-state index contributed by atoms with van der Waals surface area (Å²) in [6.45, 7) is 1.87. The Morgan fingerprint density at radius 1 is 1.09 bits per heavy atom. The Labute approximate surface area is 127 Å². The van der Waals surface area contributed by atoms with Crippen molar-refractivity contribution >= 4 is 29.2 Å². The number of amides is 2. The molecule has 0 heterocycles. The van der Waals surface area contributed by atoms with Crippen molar-refractivity contribution in [2.24, 2.45) is 0 Å². The summed E-state index contributed by atoms with van der Waals surface area (Å²) in [4.78, 5) is 23.8. The highest BCUT2D eigenvalue weighted by Crippen LogP contribution is 2.27. The Balaban J connectivity index is 2.39. The monoisotopic (exact) mass is 299 g/mol. The van der Waals surface area contributed by atoms with Gasteiger partial charge in [-0.15, -0.1) is 0 Å². The topological polar surface area (TPSA) is 81.7 Å². The van der Waals surface area contributed by atoms with E-state index in [1.807, 2.05) is 13.0 Å². The standard InChI is InChI=1S/C16H16N2O4/c1-11-5-3-7-13(9-11)18(16(20)21)14-8-4-6-12(10-14)17-15(19)22-2/h3-10H,1-2H3,(H,17,19)(H,20,21)/p-1. The van der Waals surface area contributed by atoms with Gasteiger partial charge >= 0.3 is 6.09 Å². The van der Waals surface area contributed by atoms with Crippen LogP contribution in [0.15, 0.2) is 48.5 Å². The fraction of sp³-hybridized carbons (Fsp3) is 0.125. The van der Waals surface area contributed by atoms with Crippen LogP contribution in [0.5, 0.6) is 0 Å². The third kappa shape index (κ3) is 3.54. The first-order valence-corrected chi connectivity index (χ1v) is 6.54. The molecule has 0 spiro atoms. The molecule has 22 heavy (non-hydrogen) atoms. The van der Waals surface area contributed by atoms with E-state index in [9.17, 15) is 14.7 Å². The number of methoxy groups -OCH3 is 1. The Kier molecular flexibility index (Phi) is 4.63. The second-order valence-electron chi connectivity index (χ2n) is 4.61. The van der Waals surface area contributed by atoms with Crippen molar-refractivity contribution in [1.29, 1.82) is 0 Å². The van der Waals surface area contributed by atoms with Gasteiger partial charge in [0, 0.05) is 17.1 Å². The first kappa shape index (κ1) is 15.4. The quantitative estimate of drug-likeness (QED) is 0.944. The number of nitrogens with zero attached hydrogens (tertiary/aromatic N) is 1. The highest BCUT2D eigenvalue weighted by molar-refractivity contribution is 5.95. The van der Waals surface area contributed by atoms with E-state index in [0.29, 0.717) is 17.1 Å². The van der Waals surface area contributed by atoms with Crippen molar-refractivity contribution in [3.8, 4) is 0 Å². The SMILES string of the molecule is COC(=O)Nc1cccc(N(C(=O)[O-])c2cccc(C)c2)c1. The van der Waals surface area contributed by atoms with Gasteiger partial charge in [0.2, 0.25) is 0 Å². The molecule has 0 aliphatic heterocycles. The molecule has 0 saturated heterocycles. The number of nitrogens with one attached hydrogen (secondary N) is 1. The van der Waals surface area contributed by atoms with Gasteiger partial charge in [-0.3, -0.25) is 10.2 Å². The second kappa shape index (κ2) is 6.62. The van der Waals surface area contributed by atoms with Crippen LogP contribution >= 0.6 is 0 Å². The normalized spacial score (nSPS) is 9.91. The number of hydrogen-bond donors (Lipinski definition) is 1. The minimum absolute atomic E-state index is 0.361. The molecule has 2 amide bonds. The lowest BCUT2D eigenvalue weighted by molar-refractivity contribution is -0.245. The number of anilines is 3. The van der Waals surface area contributed by atoms with E-state index >= 15 is 0 Å². The van der Waals surface area contributed by atoms with Crippen LogP contribution in [0.2, 0.25) is 0 Å². The van der Waals surface area contributed by atoms with E-state index in [-0.39, 0.29) is 0 Å². The van der Waals surface area contributed by atoms with Gasteiger partial charge in [0.25, 0.3) is 0 Å². The molecular formula is C16H15N2O4-. The summed E-state index contributed by atoms with van der Waals surface area (Å²) < 4.78 is 4.51. The van der Waals surface area contributed by atoms with Crippen LogP contribution in [-0.2, 0) is 4.74 Å². The second-order valence-corrected chi connectivity index (χ2v) is 4.61. The molecule has 0 bridgehead atoms. The number of carboxylic acid groups (broad SMARTS) is 1. The van der Waals surface area contributed by atoms with E-state index in [4.69, 9.17) is 0 Å². The molecule has 6 heteroatoms. The number of carbonyl (C=O) groups excluding carboxylic acids is 2. The van der Waals surface area contributed by atoms with Crippen LogP contribution in [-0.4, -0.2) is 19.3 Å². The number of rotatable bonds is 3. The average molecular weight is 299 g/mol. The molecule has 0 saturated carbocycles. The maximum absolute atomic E-state index is 11.5. The Hall–Kier alpha value is -3.02. The molecule has 114 valence electrons. The largest absolute Gasteiger partial charge is 0.529 e. The van der Waals surface area contributed by atoms with Gasteiger partial charge in [0.05, 0.1) is 7.11 Å². The van der Waals surface area contributed by atoms with Crippen molar-refractivity contribution in [2.75, 3.05) is 17.3 Å². The van der Waals surface area contributed by atoms with E-state index < -0.39 is 12.2 Å². The highest BCUT2D eigenvalue weighted by Gasteiger charge is 2.12. The predicted octanol–water partition coefficient (Wildman–Crippen LogP) is 2.65. The summed E-state index contributed by atoms with van der Waals surface area (Å²) in [6.07, 6.45) is -1.99. The molecule has 0 unspecified atom stereocenters. The molecule has 0 aromatic heterocycles. The molecule has 6 nitrogen and oxygen atoms in total. The molecule has 1 N–H and O–H groups in total. The van der Waals surface area contributed by atoms with Gasteiger partial charge in [-0.25, -0.2) is 4.79 Å². The zero-order valence-electron chi connectivity index (χ0n) is 12.2. The van der Waals surface area contributed by atoms with E-state index in [1.165, 1.54) is 13.2 Å². The lowest BCUT2D eigenvalue weighted by atomic mass is 10.2. The first-order chi connectivity index (χ1) is 10.5. The summed E-state index contributed by atoms with van der Waals surface area (Å²) in [6, 6.07) is 13.4. The van der Waals surface area contributed by atoms with Gasteiger partial charge in [0.1, 0.15) is 6.09 Å². The summed E-state index contributed by atoms with van der Waals surface area (Å²) in [7, 11) is 1.25. The third-order valence-corrected chi connectivity index (χ3v) is 2.98. The minimum atomic E-state index is -1.36. The van der Waals surface area contributed by atoms with Crippen LogP contribution < -0.4 is 15.3 Å². The average Bonchev–Trinajstić information content (AvgIpc) is 2.47. The minimum Gasteiger partial charge on any atom is -0.529 e. The maximum Gasteiger partial charge on any atom is 0.411 e. The van der Waals surface area contributed by atoms with Crippen molar-refractivity contribution in [3.63, 3.8) is 0 Å². The van der Waals surface area contributed by atoms with Gasteiger partial charge < -0.3 is 14.6 Å².